The summed E-state index contributed by atoms with van der Waals surface area (Å²) in [6, 6.07) is 4.66. The molecule has 24 heavy (non-hydrogen) atoms. The van der Waals surface area contributed by atoms with Crippen molar-refractivity contribution in [3.63, 3.8) is 0 Å². The summed E-state index contributed by atoms with van der Waals surface area (Å²) in [6.45, 7) is 2.89. The first kappa shape index (κ1) is 18.1. The number of halogens is 1. The Kier molecular flexibility index (Phi) is 5.35. The Balaban J connectivity index is 2.18. The van der Waals surface area contributed by atoms with Crippen LogP contribution in [0.3, 0.4) is 0 Å². The maximum absolute atomic E-state index is 12.2. The van der Waals surface area contributed by atoms with Gasteiger partial charge in [0.2, 0.25) is 11.8 Å². The van der Waals surface area contributed by atoms with E-state index < -0.39 is 17.5 Å². The molecule has 0 bridgehead atoms. The third kappa shape index (κ3) is 4.62. The molecule has 8 nitrogen and oxygen atoms in total. The minimum atomic E-state index is -1.31. The number of thioether (sulfide) groups is 1. The number of hydrogen-bond donors (Lipinski definition) is 4. The predicted molar refractivity (Wildman–Crippen MR) is 93.0 cm³/mol. The summed E-state index contributed by atoms with van der Waals surface area (Å²) in [7, 11) is 0. The Morgan fingerprint density at radius 2 is 2.12 bits per heavy atom. The van der Waals surface area contributed by atoms with Gasteiger partial charge in [0.1, 0.15) is 5.54 Å². The van der Waals surface area contributed by atoms with Gasteiger partial charge in [0.05, 0.1) is 16.5 Å². The lowest BCUT2D eigenvalue weighted by Gasteiger charge is -2.23. The summed E-state index contributed by atoms with van der Waals surface area (Å²) in [4.78, 5) is 38.3. The summed E-state index contributed by atoms with van der Waals surface area (Å²) in [5.41, 5.74) is -0.534. The molecule has 10 heteroatoms. The maximum Gasteiger partial charge on any atom is 0.405 e. The van der Waals surface area contributed by atoms with Gasteiger partial charge in [-0.25, -0.2) is 9.79 Å². The normalized spacial score (nSPS) is 16.0. The number of carbonyl (C=O) groups excluding carboxylic acids is 2. The number of aliphatic imine (C=N–C) groups is 1. The van der Waals surface area contributed by atoms with E-state index in [0.29, 0.717) is 27.3 Å². The smallest absolute Gasteiger partial charge is 0.405 e. The van der Waals surface area contributed by atoms with Crippen LogP contribution in [-0.4, -0.2) is 39.5 Å². The van der Waals surface area contributed by atoms with Crippen LogP contribution in [0.15, 0.2) is 23.2 Å². The van der Waals surface area contributed by atoms with Gasteiger partial charge in [-0.3, -0.25) is 9.59 Å². The second-order valence-electron chi connectivity index (χ2n) is 5.43. The Hall–Kier alpha value is -2.26. The number of amidine groups is 1. The molecule has 0 unspecified atom stereocenters. The van der Waals surface area contributed by atoms with Crippen LogP contribution in [0.5, 0.6) is 0 Å². The summed E-state index contributed by atoms with van der Waals surface area (Å²) in [5, 5.41) is 16.9. The van der Waals surface area contributed by atoms with E-state index in [1.54, 1.807) is 12.1 Å². The molecule has 1 aliphatic rings. The minimum Gasteiger partial charge on any atom is -0.465 e. The van der Waals surface area contributed by atoms with Crippen molar-refractivity contribution in [2.45, 2.75) is 19.4 Å². The van der Waals surface area contributed by atoms with Gasteiger partial charge >= 0.3 is 6.09 Å². The van der Waals surface area contributed by atoms with E-state index in [1.807, 2.05) is 0 Å². The highest BCUT2D eigenvalue weighted by atomic mass is 35.5. The second-order valence-corrected chi connectivity index (χ2v) is 6.80. The number of amides is 3. The number of rotatable bonds is 4. The summed E-state index contributed by atoms with van der Waals surface area (Å²) < 4.78 is 0. The molecule has 0 spiro atoms. The SMILES string of the molecule is CC(C)(NC(=O)O)C(=O)Nc1ccc(Cl)c(N=C2NC(=O)CS2)c1. The third-order valence-corrected chi connectivity index (χ3v) is 4.19. The quantitative estimate of drug-likeness (QED) is 0.647. The Morgan fingerprint density at radius 1 is 1.42 bits per heavy atom. The first-order chi connectivity index (χ1) is 11.2. The average Bonchev–Trinajstić information content (AvgIpc) is 2.86. The van der Waals surface area contributed by atoms with Crippen molar-refractivity contribution in [2.24, 2.45) is 4.99 Å². The zero-order valence-corrected chi connectivity index (χ0v) is 14.4. The van der Waals surface area contributed by atoms with Crippen molar-refractivity contribution >= 4 is 57.8 Å². The molecule has 1 aliphatic heterocycles. The molecule has 2 rings (SSSR count). The van der Waals surface area contributed by atoms with Crippen molar-refractivity contribution < 1.29 is 19.5 Å². The molecule has 0 aromatic heterocycles. The highest BCUT2D eigenvalue weighted by molar-refractivity contribution is 8.15. The number of benzene rings is 1. The Bertz CT molecular complexity index is 735. The van der Waals surface area contributed by atoms with Crippen LogP contribution in [-0.2, 0) is 9.59 Å². The number of nitrogens with zero attached hydrogens (tertiary/aromatic N) is 1. The van der Waals surface area contributed by atoms with Gasteiger partial charge in [0, 0.05) is 5.69 Å². The molecule has 1 heterocycles. The summed E-state index contributed by atoms with van der Waals surface area (Å²) in [6.07, 6.45) is -1.30. The molecular formula is C14H15ClN4O4S. The number of hydrogen-bond acceptors (Lipinski definition) is 5. The van der Waals surface area contributed by atoms with E-state index in [1.165, 1.54) is 31.7 Å². The molecule has 0 saturated carbocycles. The molecule has 1 aromatic rings. The minimum absolute atomic E-state index is 0.138. The molecule has 0 aliphatic carbocycles. The Labute approximate surface area is 147 Å². The van der Waals surface area contributed by atoms with Crippen LogP contribution < -0.4 is 16.0 Å². The molecule has 1 aromatic carbocycles. The van der Waals surface area contributed by atoms with Crippen molar-refractivity contribution in [2.75, 3.05) is 11.1 Å². The third-order valence-electron chi connectivity index (χ3n) is 3.00. The van der Waals surface area contributed by atoms with Gasteiger partial charge < -0.3 is 21.1 Å². The number of carboxylic acid groups (broad SMARTS) is 1. The fourth-order valence-corrected chi connectivity index (χ4v) is 2.63. The van der Waals surface area contributed by atoms with E-state index in [-0.39, 0.29) is 5.91 Å². The highest BCUT2D eigenvalue weighted by Crippen LogP contribution is 2.30. The molecule has 4 N–H and O–H groups in total. The molecule has 0 atom stereocenters. The van der Waals surface area contributed by atoms with Gasteiger partial charge in [-0.05, 0) is 32.0 Å². The van der Waals surface area contributed by atoms with E-state index in [2.05, 4.69) is 20.9 Å². The summed E-state index contributed by atoms with van der Waals surface area (Å²) in [5.74, 6) is -0.378. The summed E-state index contributed by atoms with van der Waals surface area (Å²) >= 11 is 7.33. The highest BCUT2D eigenvalue weighted by Gasteiger charge is 2.29. The van der Waals surface area contributed by atoms with Crippen LogP contribution in [0, 0.1) is 0 Å². The van der Waals surface area contributed by atoms with Crippen LogP contribution >= 0.6 is 23.4 Å². The van der Waals surface area contributed by atoms with Crippen LogP contribution in [0.2, 0.25) is 5.02 Å². The number of carbonyl (C=O) groups is 3. The first-order valence-electron chi connectivity index (χ1n) is 6.81. The first-order valence-corrected chi connectivity index (χ1v) is 8.17. The van der Waals surface area contributed by atoms with Gasteiger partial charge in [-0.15, -0.1) is 0 Å². The lowest BCUT2D eigenvalue weighted by molar-refractivity contribution is -0.121. The van der Waals surface area contributed by atoms with Crippen LogP contribution in [0.25, 0.3) is 0 Å². The molecular weight excluding hydrogens is 356 g/mol. The molecule has 1 saturated heterocycles. The predicted octanol–water partition coefficient (Wildman–Crippen LogP) is 2.18. The van der Waals surface area contributed by atoms with Gasteiger partial charge in [0.15, 0.2) is 5.17 Å². The molecule has 3 amide bonds. The average molecular weight is 371 g/mol. The van der Waals surface area contributed by atoms with Crippen molar-refractivity contribution in [3.05, 3.63) is 23.2 Å². The van der Waals surface area contributed by atoms with E-state index in [0.717, 1.165) is 0 Å². The van der Waals surface area contributed by atoms with Crippen molar-refractivity contribution in [1.82, 2.24) is 10.6 Å². The van der Waals surface area contributed by atoms with E-state index in [9.17, 15) is 14.4 Å². The van der Waals surface area contributed by atoms with Gasteiger partial charge in [-0.2, -0.15) is 0 Å². The fourth-order valence-electron chi connectivity index (χ4n) is 1.78. The molecule has 1 fully saturated rings. The number of anilines is 1. The lowest BCUT2D eigenvalue weighted by atomic mass is 10.0. The standard InChI is InChI=1S/C14H15ClN4O4S/c1-14(2,19-13(22)23)11(21)16-7-3-4-8(15)9(5-7)17-12-18-10(20)6-24-12/h3-5,19H,6H2,1-2H3,(H,16,21)(H,22,23)(H,17,18,20). The van der Waals surface area contributed by atoms with E-state index >= 15 is 0 Å². The second kappa shape index (κ2) is 7.10. The van der Waals surface area contributed by atoms with Gasteiger partial charge in [0.25, 0.3) is 0 Å². The van der Waals surface area contributed by atoms with Crippen LogP contribution in [0.1, 0.15) is 13.8 Å². The topological polar surface area (TPSA) is 120 Å². The zero-order valence-electron chi connectivity index (χ0n) is 12.8. The van der Waals surface area contributed by atoms with E-state index in [4.69, 9.17) is 16.7 Å². The maximum atomic E-state index is 12.2. The monoisotopic (exact) mass is 370 g/mol. The number of nitrogens with one attached hydrogen (secondary N) is 3. The van der Waals surface area contributed by atoms with Crippen molar-refractivity contribution in [1.29, 1.82) is 0 Å². The largest absolute Gasteiger partial charge is 0.465 e. The zero-order chi connectivity index (χ0) is 17.9. The van der Waals surface area contributed by atoms with Crippen LogP contribution in [0.4, 0.5) is 16.2 Å². The Morgan fingerprint density at radius 3 is 2.71 bits per heavy atom. The lowest BCUT2D eigenvalue weighted by Crippen LogP contribution is -2.51. The fraction of sp³-hybridized carbons (Fsp3) is 0.286. The van der Waals surface area contributed by atoms with Crippen molar-refractivity contribution in [3.8, 4) is 0 Å². The molecule has 0 radical (unpaired) electrons. The van der Waals surface area contributed by atoms with Gasteiger partial charge in [-0.1, -0.05) is 23.4 Å². The molecule has 128 valence electrons.